The minimum absolute atomic E-state index is 0.0159. The molecule has 1 aromatic carbocycles. The number of para-hydroxylation sites is 1. The summed E-state index contributed by atoms with van der Waals surface area (Å²) in [5, 5.41) is 2.69. The van der Waals surface area contributed by atoms with Crippen molar-refractivity contribution in [1.82, 2.24) is 10.2 Å². The maximum absolute atomic E-state index is 12.6. The van der Waals surface area contributed by atoms with Crippen LogP contribution in [0.4, 0.5) is 5.69 Å². The Morgan fingerprint density at radius 1 is 1.29 bits per heavy atom. The van der Waals surface area contributed by atoms with E-state index in [9.17, 15) is 9.59 Å². The monoisotopic (exact) mass is 287 g/mol. The van der Waals surface area contributed by atoms with Crippen molar-refractivity contribution in [2.24, 2.45) is 0 Å². The molecule has 0 aromatic heterocycles. The van der Waals surface area contributed by atoms with Gasteiger partial charge in [0, 0.05) is 19.3 Å². The van der Waals surface area contributed by atoms with Crippen LogP contribution in [-0.4, -0.2) is 49.4 Å². The Balaban J connectivity index is 1.69. The van der Waals surface area contributed by atoms with Gasteiger partial charge in [-0.05, 0) is 37.4 Å². The van der Waals surface area contributed by atoms with Crippen LogP contribution in [-0.2, 0) is 16.0 Å². The molecule has 3 rings (SSSR count). The van der Waals surface area contributed by atoms with E-state index in [0.29, 0.717) is 6.54 Å². The van der Waals surface area contributed by atoms with Gasteiger partial charge in [-0.15, -0.1) is 0 Å². The zero-order chi connectivity index (χ0) is 14.8. The van der Waals surface area contributed by atoms with Crippen molar-refractivity contribution >= 4 is 17.5 Å². The average molecular weight is 287 g/mol. The second-order valence-electron chi connectivity index (χ2n) is 5.67. The molecule has 21 heavy (non-hydrogen) atoms. The quantitative estimate of drug-likeness (QED) is 0.894. The summed E-state index contributed by atoms with van der Waals surface area (Å²) in [5.74, 6) is 0.109. The molecular weight excluding hydrogens is 266 g/mol. The SMILES string of the molecule is CNC(=O)C1CCCN1CC(=O)N1CCc2ccccc21. The Hall–Kier alpha value is -1.88. The average Bonchev–Trinajstić information content (AvgIpc) is 3.12. The van der Waals surface area contributed by atoms with Crippen molar-refractivity contribution in [1.29, 1.82) is 0 Å². The molecule has 1 unspecified atom stereocenters. The number of benzene rings is 1. The second-order valence-corrected chi connectivity index (χ2v) is 5.67. The van der Waals surface area contributed by atoms with Gasteiger partial charge in [-0.25, -0.2) is 0 Å². The molecule has 2 aliphatic heterocycles. The molecule has 1 fully saturated rings. The molecule has 1 saturated heterocycles. The number of fused-ring (bicyclic) bond motifs is 1. The van der Waals surface area contributed by atoms with Crippen LogP contribution in [0, 0.1) is 0 Å². The lowest BCUT2D eigenvalue weighted by Crippen LogP contribution is -2.47. The number of amides is 2. The zero-order valence-corrected chi connectivity index (χ0v) is 12.3. The minimum atomic E-state index is -0.156. The van der Waals surface area contributed by atoms with Crippen molar-refractivity contribution in [3.8, 4) is 0 Å². The van der Waals surface area contributed by atoms with E-state index in [4.69, 9.17) is 0 Å². The van der Waals surface area contributed by atoms with E-state index >= 15 is 0 Å². The van der Waals surface area contributed by atoms with Crippen molar-refractivity contribution in [2.75, 3.05) is 31.6 Å². The number of likely N-dealkylation sites (N-methyl/N-ethyl adjacent to an activating group) is 1. The van der Waals surface area contributed by atoms with Crippen molar-refractivity contribution in [3.63, 3.8) is 0 Å². The highest BCUT2D eigenvalue weighted by Gasteiger charge is 2.33. The van der Waals surface area contributed by atoms with Crippen LogP contribution < -0.4 is 10.2 Å². The molecule has 0 spiro atoms. The molecule has 2 amide bonds. The lowest BCUT2D eigenvalue weighted by Gasteiger charge is -2.25. The second kappa shape index (κ2) is 5.85. The third-order valence-corrected chi connectivity index (χ3v) is 4.44. The van der Waals surface area contributed by atoms with E-state index in [1.807, 2.05) is 28.0 Å². The summed E-state index contributed by atoms with van der Waals surface area (Å²) >= 11 is 0. The zero-order valence-electron chi connectivity index (χ0n) is 12.3. The van der Waals surface area contributed by atoms with Gasteiger partial charge in [-0.1, -0.05) is 18.2 Å². The highest BCUT2D eigenvalue weighted by Crippen LogP contribution is 2.28. The van der Waals surface area contributed by atoms with Gasteiger partial charge in [0.15, 0.2) is 0 Å². The summed E-state index contributed by atoms with van der Waals surface area (Å²) in [7, 11) is 1.65. The fraction of sp³-hybridized carbons (Fsp3) is 0.500. The summed E-state index contributed by atoms with van der Waals surface area (Å²) in [4.78, 5) is 28.3. The number of nitrogens with one attached hydrogen (secondary N) is 1. The lowest BCUT2D eigenvalue weighted by molar-refractivity contribution is -0.126. The van der Waals surface area contributed by atoms with Crippen molar-refractivity contribution in [2.45, 2.75) is 25.3 Å². The smallest absolute Gasteiger partial charge is 0.241 e. The Labute approximate surface area is 124 Å². The topological polar surface area (TPSA) is 52.7 Å². The minimum Gasteiger partial charge on any atom is -0.358 e. The van der Waals surface area contributed by atoms with Crippen LogP contribution in [0.5, 0.6) is 0 Å². The number of anilines is 1. The molecule has 0 bridgehead atoms. The van der Waals surface area contributed by atoms with Gasteiger partial charge in [-0.2, -0.15) is 0 Å². The Bertz CT molecular complexity index is 558. The molecule has 0 saturated carbocycles. The summed E-state index contributed by atoms with van der Waals surface area (Å²) < 4.78 is 0. The fourth-order valence-corrected chi connectivity index (χ4v) is 3.34. The van der Waals surface area contributed by atoms with Crippen molar-refractivity contribution < 1.29 is 9.59 Å². The molecule has 1 aromatic rings. The number of carbonyl (C=O) groups excluding carboxylic acids is 2. The van der Waals surface area contributed by atoms with Gasteiger partial charge < -0.3 is 10.2 Å². The van der Waals surface area contributed by atoms with E-state index in [2.05, 4.69) is 11.4 Å². The summed E-state index contributed by atoms with van der Waals surface area (Å²) in [5.41, 5.74) is 2.26. The third-order valence-electron chi connectivity index (χ3n) is 4.44. The highest BCUT2D eigenvalue weighted by molar-refractivity contribution is 5.97. The third kappa shape index (κ3) is 2.65. The highest BCUT2D eigenvalue weighted by atomic mass is 16.2. The van der Waals surface area contributed by atoms with E-state index in [1.165, 1.54) is 5.56 Å². The maximum atomic E-state index is 12.6. The van der Waals surface area contributed by atoms with Crippen LogP contribution in [0.1, 0.15) is 18.4 Å². The standard InChI is InChI=1S/C16H21N3O2/c1-17-16(21)14-7-4-9-18(14)11-15(20)19-10-8-12-5-2-3-6-13(12)19/h2-3,5-6,14H,4,7-11H2,1H3,(H,17,21). The number of likely N-dealkylation sites (tertiary alicyclic amines) is 1. The Morgan fingerprint density at radius 2 is 2.10 bits per heavy atom. The first-order chi connectivity index (χ1) is 10.2. The molecule has 2 aliphatic rings. The van der Waals surface area contributed by atoms with Gasteiger partial charge in [0.25, 0.3) is 0 Å². The van der Waals surface area contributed by atoms with Gasteiger partial charge in [0.1, 0.15) is 0 Å². The van der Waals surface area contributed by atoms with Crippen LogP contribution in [0.15, 0.2) is 24.3 Å². The van der Waals surface area contributed by atoms with E-state index in [0.717, 1.165) is 38.0 Å². The van der Waals surface area contributed by atoms with Crippen molar-refractivity contribution in [3.05, 3.63) is 29.8 Å². The first-order valence-corrected chi connectivity index (χ1v) is 7.54. The van der Waals surface area contributed by atoms with Gasteiger partial charge in [-0.3, -0.25) is 14.5 Å². The fourth-order valence-electron chi connectivity index (χ4n) is 3.34. The number of nitrogens with zero attached hydrogens (tertiary/aromatic N) is 2. The number of hydrogen-bond acceptors (Lipinski definition) is 3. The summed E-state index contributed by atoms with van der Waals surface area (Å²) in [6, 6.07) is 7.89. The maximum Gasteiger partial charge on any atom is 0.241 e. The van der Waals surface area contributed by atoms with Gasteiger partial charge in [0.2, 0.25) is 11.8 Å². The van der Waals surface area contributed by atoms with Crippen LogP contribution in [0.3, 0.4) is 0 Å². The number of rotatable bonds is 3. The predicted molar refractivity (Wildman–Crippen MR) is 81.2 cm³/mol. The number of carbonyl (C=O) groups is 2. The van der Waals surface area contributed by atoms with Gasteiger partial charge >= 0.3 is 0 Å². The van der Waals surface area contributed by atoms with E-state index in [1.54, 1.807) is 7.05 Å². The molecule has 0 radical (unpaired) electrons. The van der Waals surface area contributed by atoms with Crippen LogP contribution in [0.2, 0.25) is 0 Å². The first-order valence-electron chi connectivity index (χ1n) is 7.54. The van der Waals surface area contributed by atoms with Crippen LogP contribution in [0.25, 0.3) is 0 Å². The summed E-state index contributed by atoms with van der Waals surface area (Å²) in [6.07, 6.45) is 2.73. The largest absolute Gasteiger partial charge is 0.358 e. The van der Waals surface area contributed by atoms with E-state index < -0.39 is 0 Å². The van der Waals surface area contributed by atoms with Gasteiger partial charge in [0.05, 0.1) is 12.6 Å². The summed E-state index contributed by atoms with van der Waals surface area (Å²) in [6.45, 7) is 1.89. The molecule has 5 heteroatoms. The molecule has 2 heterocycles. The Kier molecular flexibility index (Phi) is 3.92. The normalized spacial score (nSPS) is 21.4. The Morgan fingerprint density at radius 3 is 2.90 bits per heavy atom. The molecule has 1 N–H and O–H groups in total. The molecule has 1 atom stereocenters. The molecular formula is C16H21N3O2. The molecule has 112 valence electrons. The van der Waals surface area contributed by atoms with Crippen LogP contribution >= 0.6 is 0 Å². The first kappa shape index (κ1) is 14.1. The van der Waals surface area contributed by atoms with E-state index in [-0.39, 0.29) is 17.9 Å². The predicted octanol–water partition coefficient (Wildman–Crippen LogP) is 0.786. The number of hydrogen-bond donors (Lipinski definition) is 1. The molecule has 5 nitrogen and oxygen atoms in total. The molecule has 0 aliphatic carbocycles. The lowest BCUT2D eigenvalue weighted by atomic mass is 10.2.